The maximum absolute atomic E-state index is 13.2. The van der Waals surface area contributed by atoms with E-state index >= 15 is 0 Å². The number of hydrogen-bond acceptors (Lipinski definition) is 3. The van der Waals surface area contributed by atoms with E-state index in [-0.39, 0.29) is 22.5 Å². The summed E-state index contributed by atoms with van der Waals surface area (Å²) in [5, 5.41) is 14.4. The summed E-state index contributed by atoms with van der Waals surface area (Å²) in [6.45, 7) is 1.82. The van der Waals surface area contributed by atoms with E-state index < -0.39 is 0 Å². The van der Waals surface area contributed by atoms with Crippen LogP contribution in [-0.2, 0) is 6.42 Å². The SMILES string of the molecule is Cc1ccc(NC2CCc3cc(F)ccc32)c([N+](=O)[O-])c1. The number of aryl methyl sites for hydroxylation is 2. The second-order valence-electron chi connectivity index (χ2n) is 5.36. The van der Waals surface area contributed by atoms with Gasteiger partial charge in [-0.05, 0) is 54.7 Å². The van der Waals surface area contributed by atoms with E-state index in [4.69, 9.17) is 0 Å². The van der Waals surface area contributed by atoms with Gasteiger partial charge < -0.3 is 5.32 Å². The van der Waals surface area contributed by atoms with Crippen LogP contribution >= 0.6 is 0 Å². The Morgan fingerprint density at radius 3 is 2.86 bits per heavy atom. The summed E-state index contributed by atoms with van der Waals surface area (Å²) in [6, 6.07) is 9.86. The van der Waals surface area contributed by atoms with Gasteiger partial charge in [0.05, 0.1) is 11.0 Å². The lowest BCUT2D eigenvalue weighted by Crippen LogP contribution is -2.09. The van der Waals surface area contributed by atoms with Crippen molar-refractivity contribution in [2.45, 2.75) is 25.8 Å². The Morgan fingerprint density at radius 2 is 2.10 bits per heavy atom. The first-order valence-electron chi connectivity index (χ1n) is 6.84. The third kappa shape index (κ3) is 2.59. The van der Waals surface area contributed by atoms with Crippen LogP contribution in [0.4, 0.5) is 15.8 Å². The molecular weight excluding hydrogens is 271 g/mol. The Labute approximate surface area is 121 Å². The molecule has 0 amide bonds. The predicted octanol–water partition coefficient (Wildman–Crippen LogP) is 4.14. The Morgan fingerprint density at radius 1 is 1.29 bits per heavy atom. The molecule has 1 aliphatic carbocycles. The molecule has 0 saturated heterocycles. The van der Waals surface area contributed by atoms with Crippen LogP contribution in [0.1, 0.15) is 29.2 Å². The third-order valence-corrected chi connectivity index (χ3v) is 3.86. The van der Waals surface area contributed by atoms with Crippen molar-refractivity contribution in [1.29, 1.82) is 0 Å². The molecule has 0 spiro atoms. The molecule has 21 heavy (non-hydrogen) atoms. The lowest BCUT2D eigenvalue weighted by molar-refractivity contribution is -0.384. The lowest BCUT2D eigenvalue weighted by Gasteiger charge is -2.16. The maximum atomic E-state index is 13.2. The van der Waals surface area contributed by atoms with E-state index in [2.05, 4.69) is 5.32 Å². The fraction of sp³-hybridized carbons (Fsp3) is 0.250. The minimum Gasteiger partial charge on any atom is -0.373 e. The van der Waals surface area contributed by atoms with Gasteiger partial charge in [0.1, 0.15) is 11.5 Å². The van der Waals surface area contributed by atoms with Crippen molar-refractivity contribution in [3.8, 4) is 0 Å². The first-order chi connectivity index (χ1) is 10.0. The highest BCUT2D eigenvalue weighted by atomic mass is 19.1. The van der Waals surface area contributed by atoms with Crippen LogP contribution < -0.4 is 5.32 Å². The normalized spacial score (nSPS) is 16.6. The first-order valence-corrected chi connectivity index (χ1v) is 6.84. The molecule has 4 nitrogen and oxygen atoms in total. The number of nitro groups is 1. The zero-order valence-corrected chi connectivity index (χ0v) is 11.6. The van der Waals surface area contributed by atoms with Gasteiger partial charge in [-0.25, -0.2) is 4.39 Å². The molecule has 0 fully saturated rings. The molecule has 2 aromatic rings. The largest absolute Gasteiger partial charge is 0.373 e. The Bertz CT molecular complexity index is 715. The van der Waals surface area contributed by atoms with Gasteiger partial charge in [-0.3, -0.25) is 10.1 Å². The van der Waals surface area contributed by atoms with Gasteiger partial charge in [0.15, 0.2) is 0 Å². The second-order valence-corrected chi connectivity index (χ2v) is 5.36. The van der Waals surface area contributed by atoms with Crippen LogP contribution in [-0.4, -0.2) is 4.92 Å². The molecule has 0 aliphatic heterocycles. The van der Waals surface area contributed by atoms with E-state index in [1.165, 1.54) is 6.07 Å². The molecule has 1 N–H and O–H groups in total. The highest BCUT2D eigenvalue weighted by Crippen LogP contribution is 2.36. The van der Waals surface area contributed by atoms with Gasteiger partial charge in [-0.1, -0.05) is 12.1 Å². The van der Waals surface area contributed by atoms with Crippen LogP contribution in [0.5, 0.6) is 0 Å². The van der Waals surface area contributed by atoms with Crippen molar-refractivity contribution in [3.63, 3.8) is 0 Å². The van der Waals surface area contributed by atoms with Crippen molar-refractivity contribution < 1.29 is 9.31 Å². The van der Waals surface area contributed by atoms with Gasteiger partial charge in [0, 0.05) is 6.07 Å². The highest BCUT2D eigenvalue weighted by Gasteiger charge is 2.25. The van der Waals surface area contributed by atoms with E-state index in [1.54, 1.807) is 24.3 Å². The molecule has 0 aromatic heterocycles. The van der Waals surface area contributed by atoms with Crippen molar-refractivity contribution in [2.75, 3.05) is 5.32 Å². The highest BCUT2D eigenvalue weighted by molar-refractivity contribution is 5.64. The number of benzene rings is 2. The minimum atomic E-state index is -0.379. The number of anilines is 1. The lowest BCUT2D eigenvalue weighted by atomic mass is 10.1. The standard InChI is InChI=1S/C16H15FN2O2/c1-10-2-6-15(16(8-10)19(20)21)18-14-7-3-11-9-12(17)4-5-13(11)14/h2,4-6,8-9,14,18H,3,7H2,1H3. The number of rotatable bonds is 3. The van der Waals surface area contributed by atoms with Gasteiger partial charge in [0.25, 0.3) is 5.69 Å². The molecule has 108 valence electrons. The average molecular weight is 286 g/mol. The Kier molecular flexibility index (Phi) is 3.33. The second kappa shape index (κ2) is 5.16. The molecular formula is C16H15FN2O2. The fourth-order valence-corrected chi connectivity index (χ4v) is 2.84. The Balaban J connectivity index is 1.91. The summed E-state index contributed by atoms with van der Waals surface area (Å²) in [5.74, 6) is -0.240. The van der Waals surface area contributed by atoms with E-state index in [0.29, 0.717) is 5.69 Å². The minimum absolute atomic E-state index is 0.0120. The summed E-state index contributed by atoms with van der Waals surface area (Å²) < 4.78 is 13.2. The van der Waals surface area contributed by atoms with Gasteiger partial charge in [-0.2, -0.15) is 0 Å². The summed E-state index contributed by atoms with van der Waals surface area (Å²) in [7, 11) is 0. The summed E-state index contributed by atoms with van der Waals surface area (Å²) in [4.78, 5) is 10.8. The maximum Gasteiger partial charge on any atom is 0.292 e. The molecule has 0 radical (unpaired) electrons. The van der Waals surface area contributed by atoms with Gasteiger partial charge in [0.2, 0.25) is 0 Å². The van der Waals surface area contributed by atoms with Gasteiger partial charge in [-0.15, -0.1) is 0 Å². The average Bonchev–Trinajstić information content (AvgIpc) is 2.82. The molecule has 5 heteroatoms. The van der Waals surface area contributed by atoms with Gasteiger partial charge >= 0.3 is 0 Å². The molecule has 0 bridgehead atoms. The van der Waals surface area contributed by atoms with E-state index in [1.807, 2.05) is 13.0 Å². The zero-order chi connectivity index (χ0) is 15.0. The molecule has 0 saturated carbocycles. The van der Waals surface area contributed by atoms with Crippen LogP contribution in [0.15, 0.2) is 36.4 Å². The van der Waals surface area contributed by atoms with E-state index in [9.17, 15) is 14.5 Å². The summed E-state index contributed by atoms with van der Waals surface area (Å²) in [5.41, 5.74) is 3.42. The van der Waals surface area contributed by atoms with Crippen molar-refractivity contribution >= 4 is 11.4 Å². The number of nitrogens with zero attached hydrogens (tertiary/aromatic N) is 1. The number of nitro benzene ring substituents is 1. The van der Waals surface area contributed by atoms with Crippen molar-refractivity contribution in [3.05, 3.63) is 69.0 Å². The number of hydrogen-bond donors (Lipinski definition) is 1. The number of fused-ring (bicyclic) bond motifs is 1. The van der Waals surface area contributed by atoms with Crippen molar-refractivity contribution in [2.24, 2.45) is 0 Å². The number of nitrogens with one attached hydrogen (secondary N) is 1. The van der Waals surface area contributed by atoms with Crippen LogP contribution in [0.3, 0.4) is 0 Å². The quantitative estimate of drug-likeness (QED) is 0.681. The molecule has 1 atom stereocenters. The van der Waals surface area contributed by atoms with Crippen LogP contribution in [0.25, 0.3) is 0 Å². The van der Waals surface area contributed by atoms with E-state index in [0.717, 1.165) is 29.5 Å². The van der Waals surface area contributed by atoms with Crippen LogP contribution in [0.2, 0.25) is 0 Å². The summed E-state index contributed by atoms with van der Waals surface area (Å²) in [6.07, 6.45) is 1.59. The monoisotopic (exact) mass is 286 g/mol. The van der Waals surface area contributed by atoms with Crippen LogP contribution in [0, 0.1) is 22.9 Å². The molecule has 2 aromatic carbocycles. The fourth-order valence-electron chi connectivity index (χ4n) is 2.84. The smallest absolute Gasteiger partial charge is 0.292 e. The number of halogens is 1. The third-order valence-electron chi connectivity index (χ3n) is 3.86. The summed E-state index contributed by atoms with van der Waals surface area (Å²) >= 11 is 0. The zero-order valence-electron chi connectivity index (χ0n) is 11.6. The molecule has 0 heterocycles. The first kappa shape index (κ1) is 13.5. The Hall–Kier alpha value is -2.43. The molecule has 1 unspecified atom stereocenters. The molecule has 1 aliphatic rings. The molecule has 3 rings (SSSR count). The topological polar surface area (TPSA) is 55.2 Å². The predicted molar refractivity (Wildman–Crippen MR) is 78.9 cm³/mol. The van der Waals surface area contributed by atoms with Crippen molar-refractivity contribution in [1.82, 2.24) is 0 Å².